The van der Waals surface area contributed by atoms with Crippen molar-refractivity contribution >= 4 is 31.9 Å². The minimum atomic E-state index is -0.138. The quantitative estimate of drug-likeness (QED) is 0.788. The Morgan fingerprint density at radius 3 is 2.11 bits per heavy atom. The van der Waals surface area contributed by atoms with Gasteiger partial charge in [0.25, 0.3) is 0 Å². The Bertz CT molecular complexity index is 379. The number of hydrogen-bond donors (Lipinski definition) is 1. The first-order valence-electron chi connectivity index (χ1n) is 5.78. The third kappa shape index (κ3) is 5.26. The molecule has 0 heterocycles. The first-order valence-corrected chi connectivity index (χ1v) is 7.37. The zero-order chi connectivity index (χ0) is 13.8. The average Bonchev–Trinajstić information content (AvgIpc) is 2.25. The SMILES string of the molecule is CC(C)(C)OCCOc1c(Br)cc(CN)cc1Br. The van der Waals surface area contributed by atoms with Crippen molar-refractivity contribution in [2.45, 2.75) is 32.9 Å². The van der Waals surface area contributed by atoms with E-state index in [0.29, 0.717) is 19.8 Å². The smallest absolute Gasteiger partial charge is 0.147 e. The standard InChI is InChI=1S/C13H19Br2NO2/c1-13(2,3)18-5-4-17-12-10(14)6-9(8-16)7-11(12)15/h6-7H,4-5,8,16H2,1-3H3. The molecule has 0 saturated heterocycles. The van der Waals surface area contributed by atoms with Gasteiger partial charge in [0, 0.05) is 6.54 Å². The lowest BCUT2D eigenvalue weighted by molar-refractivity contribution is -0.0164. The highest BCUT2D eigenvalue weighted by atomic mass is 79.9. The highest BCUT2D eigenvalue weighted by Gasteiger charge is 2.11. The number of benzene rings is 1. The van der Waals surface area contributed by atoms with Gasteiger partial charge in [0.15, 0.2) is 0 Å². The molecule has 0 spiro atoms. The maximum absolute atomic E-state index is 5.70. The fourth-order valence-corrected chi connectivity index (χ4v) is 2.87. The molecular formula is C13H19Br2NO2. The fourth-order valence-electron chi connectivity index (χ4n) is 1.36. The molecule has 1 rings (SSSR count). The van der Waals surface area contributed by atoms with Crippen LogP contribution in [0.3, 0.4) is 0 Å². The lowest BCUT2D eigenvalue weighted by Crippen LogP contribution is -2.22. The summed E-state index contributed by atoms with van der Waals surface area (Å²) < 4.78 is 13.1. The zero-order valence-corrected chi connectivity index (χ0v) is 14.1. The molecule has 0 aliphatic heterocycles. The van der Waals surface area contributed by atoms with Crippen LogP contribution in [0.15, 0.2) is 21.1 Å². The van der Waals surface area contributed by atoms with Crippen LogP contribution < -0.4 is 10.5 Å². The van der Waals surface area contributed by atoms with Gasteiger partial charge in [0.05, 0.1) is 21.2 Å². The van der Waals surface area contributed by atoms with Crippen molar-refractivity contribution < 1.29 is 9.47 Å². The summed E-state index contributed by atoms with van der Waals surface area (Å²) in [4.78, 5) is 0. The number of nitrogens with two attached hydrogens (primary N) is 1. The summed E-state index contributed by atoms with van der Waals surface area (Å²) in [5.41, 5.74) is 6.52. The number of rotatable bonds is 5. The predicted octanol–water partition coefficient (Wildman–Crippen LogP) is 3.86. The molecule has 0 aromatic heterocycles. The second-order valence-corrected chi connectivity index (χ2v) is 6.61. The molecule has 0 fully saturated rings. The first-order chi connectivity index (χ1) is 8.33. The van der Waals surface area contributed by atoms with E-state index in [1.807, 2.05) is 32.9 Å². The van der Waals surface area contributed by atoms with Crippen LogP contribution in [0.25, 0.3) is 0 Å². The van der Waals surface area contributed by atoms with Gasteiger partial charge in [-0.3, -0.25) is 0 Å². The summed E-state index contributed by atoms with van der Waals surface area (Å²) in [6.45, 7) is 7.64. The van der Waals surface area contributed by atoms with Crippen molar-refractivity contribution in [3.63, 3.8) is 0 Å². The van der Waals surface area contributed by atoms with E-state index in [0.717, 1.165) is 20.3 Å². The van der Waals surface area contributed by atoms with Crippen LogP contribution in [0.1, 0.15) is 26.3 Å². The number of halogens is 2. The Morgan fingerprint density at radius 1 is 1.11 bits per heavy atom. The molecule has 1 aromatic rings. The number of ether oxygens (including phenoxy) is 2. The summed E-state index contributed by atoms with van der Waals surface area (Å²) in [7, 11) is 0. The van der Waals surface area contributed by atoms with Crippen LogP contribution in [0.5, 0.6) is 5.75 Å². The fraction of sp³-hybridized carbons (Fsp3) is 0.538. The molecule has 0 unspecified atom stereocenters. The lowest BCUT2D eigenvalue weighted by atomic mass is 10.2. The van der Waals surface area contributed by atoms with E-state index in [1.165, 1.54) is 0 Å². The second-order valence-electron chi connectivity index (χ2n) is 4.90. The molecule has 0 saturated carbocycles. The van der Waals surface area contributed by atoms with Gasteiger partial charge in [-0.1, -0.05) is 0 Å². The van der Waals surface area contributed by atoms with Crippen molar-refractivity contribution in [2.24, 2.45) is 5.73 Å². The molecule has 0 bridgehead atoms. The highest BCUT2D eigenvalue weighted by molar-refractivity contribution is 9.11. The van der Waals surface area contributed by atoms with Crippen molar-refractivity contribution in [3.05, 3.63) is 26.6 Å². The Hall–Kier alpha value is -0.100. The summed E-state index contributed by atoms with van der Waals surface area (Å²) in [5, 5.41) is 0. The first kappa shape index (κ1) is 16.0. The molecule has 0 amide bonds. The van der Waals surface area contributed by atoms with Crippen LogP contribution in [0.2, 0.25) is 0 Å². The van der Waals surface area contributed by atoms with E-state index in [1.54, 1.807) is 0 Å². The molecule has 0 radical (unpaired) electrons. The lowest BCUT2D eigenvalue weighted by Gasteiger charge is -2.20. The van der Waals surface area contributed by atoms with Crippen molar-refractivity contribution in [2.75, 3.05) is 13.2 Å². The van der Waals surface area contributed by atoms with Gasteiger partial charge in [-0.2, -0.15) is 0 Å². The second kappa shape index (κ2) is 6.89. The summed E-state index contributed by atoms with van der Waals surface area (Å²) in [5.74, 6) is 0.782. The monoisotopic (exact) mass is 379 g/mol. The Kier molecular flexibility index (Phi) is 6.11. The highest BCUT2D eigenvalue weighted by Crippen LogP contribution is 2.34. The van der Waals surface area contributed by atoms with Gasteiger partial charge in [0.2, 0.25) is 0 Å². The van der Waals surface area contributed by atoms with Crippen molar-refractivity contribution in [1.29, 1.82) is 0 Å². The average molecular weight is 381 g/mol. The van der Waals surface area contributed by atoms with E-state index in [2.05, 4.69) is 31.9 Å². The molecule has 3 nitrogen and oxygen atoms in total. The van der Waals surface area contributed by atoms with Crippen molar-refractivity contribution in [3.8, 4) is 5.75 Å². The number of hydrogen-bond acceptors (Lipinski definition) is 3. The van der Waals surface area contributed by atoms with Gasteiger partial charge in [0.1, 0.15) is 12.4 Å². The Labute approximate surface area is 125 Å². The van der Waals surface area contributed by atoms with Gasteiger partial charge in [-0.05, 0) is 70.3 Å². The van der Waals surface area contributed by atoms with Crippen LogP contribution in [-0.2, 0) is 11.3 Å². The predicted molar refractivity (Wildman–Crippen MR) is 80.9 cm³/mol. The van der Waals surface area contributed by atoms with Crippen LogP contribution >= 0.6 is 31.9 Å². The Balaban J connectivity index is 2.57. The maximum Gasteiger partial charge on any atom is 0.147 e. The summed E-state index contributed by atoms with van der Waals surface area (Å²) >= 11 is 6.96. The third-order valence-corrected chi connectivity index (χ3v) is 3.34. The maximum atomic E-state index is 5.70. The van der Waals surface area contributed by atoms with Crippen LogP contribution in [-0.4, -0.2) is 18.8 Å². The normalized spacial score (nSPS) is 11.7. The molecule has 18 heavy (non-hydrogen) atoms. The third-order valence-electron chi connectivity index (χ3n) is 2.16. The van der Waals surface area contributed by atoms with E-state index in [4.69, 9.17) is 15.2 Å². The molecule has 1 aromatic carbocycles. The molecule has 2 N–H and O–H groups in total. The Morgan fingerprint density at radius 2 is 1.67 bits per heavy atom. The van der Waals surface area contributed by atoms with Gasteiger partial charge in [-0.25, -0.2) is 0 Å². The van der Waals surface area contributed by atoms with E-state index in [9.17, 15) is 0 Å². The largest absolute Gasteiger partial charge is 0.489 e. The van der Waals surface area contributed by atoms with Gasteiger partial charge >= 0.3 is 0 Å². The van der Waals surface area contributed by atoms with Crippen LogP contribution in [0.4, 0.5) is 0 Å². The minimum Gasteiger partial charge on any atom is -0.489 e. The van der Waals surface area contributed by atoms with Gasteiger partial charge < -0.3 is 15.2 Å². The molecule has 0 aliphatic carbocycles. The summed E-state index contributed by atoms with van der Waals surface area (Å²) in [6.07, 6.45) is 0. The molecular weight excluding hydrogens is 362 g/mol. The molecule has 5 heteroatoms. The van der Waals surface area contributed by atoms with E-state index < -0.39 is 0 Å². The van der Waals surface area contributed by atoms with Crippen molar-refractivity contribution in [1.82, 2.24) is 0 Å². The van der Waals surface area contributed by atoms with E-state index in [-0.39, 0.29) is 5.60 Å². The van der Waals surface area contributed by atoms with Crippen LogP contribution in [0, 0.1) is 0 Å². The van der Waals surface area contributed by atoms with Gasteiger partial charge in [-0.15, -0.1) is 0 Å². The summed E-state index contributed by atoms with van der Waals surface area (Å²) in [6, 6.07) is 3.93. The molecule has 0 aliphatic rings. The van der Waals surface area contributed by atoms with E-state index >= 15 is 0 Å². The molecule has 102 valence electrons. The topological polar surface area (TPSA) is 44.5 Å². The minimum absolute atomic E-state index is 0.138. The zero-order valence-electron chi connectivity index (χ0n) is 10.9. The molecule has 0 atom stereocenters.